The van der Waals surface area contributed by atoms with Crippen LogP contribution in [0.3, 0.4) is 0 Å². The van der Waals surface area contributed by atoms with E-state index in [1.54, 1.807) is 0 Å². The van der Waals surface area contributed by atoms with Crippen LogP contribution in [0.5, 0.6) is 0 Å². The van der Waals surface area contributed by atoms with Gasteiger partial charge in [-0.15, -0.1) is 0 Å². The minimum Gasteiger partial charge on any atom is -0.380 e. The van der Waals surface area contributed by atoms with Gasteiger partial charge in [0.05, 0.1) is 5.56 Å². The van der Waals surface area contributed by atoms with E-state index in [9.17, 15) is 13.2 Å². The van der Waals surface area contributed by atoms with Gasteiger partial charge in [0.1, 0.15) is 0 Å². The maximum Gasteiger partial charge on any atom is 0.416 e. The number of alkyl halides is 3. The third-order valence-electron chi connectivity index (χ3n) is 10.2. The summed E-state index contributed by atoms with van der Waals surface area (Å²) in [5, 5.41) is 17.0. The lowest BCUT2D eigenvalue weighted by Crippen LogP contribution is -2.48. The SMILES string of the molecule is CC(C)(C)N1CCCCC1.CC(C)(C)NC(C)(C)C.CC(C)(C)NC1CCC1.CC(C)(C)Nc1ccc(-c2ccccc2)cc1.CC(C)(C)Nc1ccc(C(F)(F)F)cc1.CC(C)NC1CC1. The number of nitrogens with one attached hydrogen (secondary N) is 5. The largest absolute Gasteiger partial charge is 0.416 e. The quantitative estimate of drug-likeness (QED) is 0.170. The van der Waals surface area contributed by atoms with Crippen molar-refractivity contribution in [2.75, 3.05) is 23.7 Å². The molecule has 2 aliphatic carbocycles. The molecule has 1 saturated heterocycles. The van der Waals surface area contributed by atoms with E-state index in [0.29, 0.717) is 22.8 Å². The summed E-state index contributed by atoms with van der Waals surface area (Å²) in [6.07, 6.45) is 6.97. The molecule has 3 aromatic rings. The fraction of sp³-hybridized carbons (Fsp3) is 0.690. The van der Waals surface area contributed by atoms with Crippen LogP contribution < -0.4 is 26.6 Å². The van der Waals surface area contributed by atoms with Gasteiger partial charge >= 0.3 is 6.18 Å². The Balaban J connectivity index is 0.000000413. The van der Waals surface area contributed by atoms with Crippen molar-refractivity contribution in [3.8, 4) is 11.1 Å². The fourth-order valence-electron chi connectivity index (χ4n) is 7.56. The molecule has 67 heavy (non-hydrogen) atoms. The lowest BCUT2D eigenvalue weighted by atomic mass is 9.91. The van der Waals surface area contributed by atoms with Gasteiger partial charge < -0.3 is 26.6 Å². The molecule has 0 radical (unpaired) electrons. The molecule has 1 heterocycles. The Labute approximate surface area is 410 Å². The number of halogens is 3. The first-order valence-corrected chi connectivity index (χ1v) is 25.4. The van der Waals surface area contributed by atoms with Gasteiger partial charge in [-0.2, -0.15) is 13.2 Å². The minimum atomic E-state index is -4.26. The molecule has 0 aromatic heterocycles. The number of piperidine rings is 1. The molecule has 3 fully saturated rings. The Kier molecular flexibility index (Phi) is 25.2. The molecule has 3 aliphatic rings. The highest BCUT2D eigenvalue weighted by Crippen LogP contribution is 2.30. The smallest absolute Gasteiger partial charge is 0.380 e. The number of anilines is 2. The number of rotatable bonds is 6. The Morgan fingerprint density at radius 3 is 1.13 bits per heavy atom. The second kappa shape index (κ2) is 27.3. The average molecular weight is 939 g/mol. The number of hydrogen-bond acceptors (Lipinski definition) is 6. The molecule has 384 valence electrons. The molecular weight excluding hydrogens is 838 g/mol. The molecular formula is C58H101F3N6. The zero-order chi connectivity index (χ0) is 51.5. The number of nitrogens with zero attached hydrogens (tertiary/aromatic N) is 1. The van der Waals surface area contributed by atoms with E-state index >= 15 is 0 Å². The van der Waals surface area contributed by atoms with E-state index in [4.69, 9.17) is 0 Å². The van der Waals surface area contributed by atoms with E-state index < -0.39 is 11.7 Å². The Morgan fingerprint density at radius 2 is 0.881 bits per heavy atom. The topological polar surface area (TPSA) is 63.4 Å². The van der Waals surface area contributed by atoms with E-state index in [-0.39, 0.29) is 22.2 Å². The highest BCUT2D eigenvalue weighted by atomic mass is 19.4. The lowest BCUT2D eigenvalue weighted by molar-refractivity contribution is -0.137. The van der Waals surface area contributed by atoms with Crippen LogP contribution in [-0.2, 0) is 6.18 Å². The fourth-order valence-corrected chi connectivity index (χ4v) is 7.56. The van der Waals surface area contributed by atoms with Crippen LogP contribution in [0.15, 0.2) is 78.9 Å². The van der Waals surface area contributed by atoms with Crippen molar-refractivity contribution in [3.63, 3.8) is 0 Å². The molecule has 1 aliphatic heterocycles. The number of hydrogen-bond donors (Lipinski definition) is 5. The molecule has 3 aromatic carbocycles. The van der Waals surface area contributed by atoms with Crippen LogP contribution in [0.4, 0.5) is 24.5 Å². The van der Waals surface area contributed by atoms with Crippen LogP contribution in [-0.4, -0.2) is 69.3 Å². The second-order valence-corrected chi connectivity index (χ2v) is 25.2. The maximum absolute atomic E-state index is 12.2. The first-order valence-electron chi connectivity index (χ1n) is 25.4. The van der Waals surface area contributed by atoms with E-state index in [1.807, 2.05) is 26.8 Å². The second-order valence-electron chi connectivity index (χ2n) is 25.2. The van der Waals surface area contributed by atoms with Crippen molar-refractivity contribution >= 4 is 11.4 Å². The molecule has 5 N–H and O–H groups in total. The molecule has 6 nitrogen and oxygen atoms in total. The normalized spacial score (nSPS) is 16.1. The average Bonchev–Trinajstić information content (AvgIpc) is 3.96. The Morgan fingerprint density at radius 1 is 0.463 bits per heavy atom. The predicted molar refractivity (Wildman–Crippen MR) is 290 cm³/mol. The number of likely N-dealkylation sites (tertiary alicyclic amines) is 1. The van der Waals surface area contributed by atoms with E-state index in [1.165, 1.54) is 87.7 Å². The molecule has 0 unspecified atom stereocenters. The Bertz CT molecular complexity index is 1700. The molecule has 0 atom stereocenters. The van der Waals surface area contributed by atoms with Crippen molar-refractivity contribution < 1.29 is 13.2 Å². The van der Waals surface area contributed by atoms with Crippen LogP contribution >= 0.6 is 0 Å². The molecule has 0 bridgehead atoms. The minimum absolute atomic E-state index is 0.105. The molecule has 6 rings (SSSR count). The summed E-state index contributed by atoms with van der Waals surface area (Å²) in [7, 11) is 0. The third kappa shape index (κ3) is 33.9. The summed E-state index contributed by atoms with van der Waals surface area (Å²) in [6.45, 7) is 46.0. The van der Waals surface area contributed by atoms with Gasteiger partial charge in [0, 0.05) is 62.7 Å². The molecule has 0 amide bonds. The maximum atomic E-state index is 12.2. The third-order valence-corrected chi connectivity index (χ3v) is 10.2. The van der Waals surface area contributed by atoms with Gasteiger partial charge in [-0.05, 0) is 224 Å². The number of benzene rings is 3. The summed E-state index contributed by atoms with van der Waals surface area (Å²) < 4.78 is 36.7. The van der Waals surface area contributed by atoms with Crippen molar-refractivity contribution in [3.05, 3.63) is 84.4 Å². The summed E-state index contributed by atoms with van der Waals surface area (Å²) in [6, 6.07) is 26.4. The molecule has 0 spiro atoms. The highest BCUT2D eigenvalue weighted by molar-refractivity contribution is 5.66. The molecule has 2 saturated carbocycles. The van der Waals surface area contributed by atoms with Crippen LogP contribution in [0, 0.1) is 0 Å². The predicted octanol–water partition coefficient (Wildman–Crippen LogP) is 16.0. The Hall–Kier alpha value is -3.11. The van der Waals surface area contributed by atoms with Gasteiger partial charge in [-0.1, -0.05) is 69.2 Å². The van der Waals surface area contributed by atoms with Crippen LogP contribution in [0.1, 0.15) is 195 Å². The first kappa shape index (κ1) is 61.9. The van der Waals surface area contributed by atoms with E-state index in [0.717, 1.165) is 29.9 Å². The van der Waals surface area contributed by atoms with Gasteiger partial charge in [0.2, 0.25) is 0 Å². The van der Waals surface area contributed by atoms with Gasteiger partial charge in [-0.25, -0.2) is 0 Å². The van der Waals surface area contributed by atoms with Crippen LogP contribution in [0.25, 0.3) is 11.1 Å². The first-order chi connectivity index (χ1) is 30.4. The highest BCUT2D eigenvalue weighted by Gasteiger charge is 2.30. The van der Waals surface area contributed by atoms with Gasteiger partial charge in [-0.3, -0.25) is 4.90 Å². The zero-order valence-electron chi connectivity index (χ0n) is 46.4. The van der Waals surface area contributed by atoms with Crippen molar-refractivity contribution in [1.82, 2.24) is 20.9 Å². The summed E-state index contributed by atoms with van der Waals surface area (Å²) in [4.78, 5) is 2.58. The molecule has 9 heteroatoms. The van der Waals surface area contributed by atoms with Gasteiger partial charge in [0.25, 0.3) is 0 Å². The van der Waals surface area contributed by atoms with Crippen molar-refractivity contribution in [2.45, 2.75) is 247 Å². The summed E-state index contributed by atoms with van der Waals surface area (Å²) in [5.74, 6) is 0. The monoisotopic (exact) mass is 939 g/mol. The van der Waals surface area contributed by atoms with Crippen LogP contribution in [0.2, 0.25) is 0 Å². The standard InChI is InChI=1S/C16H19N.C11H14F3N.C9H19N.C8H17N.C8H19N.C6H13N/c1-16(2,3)17-15-11-9-14(10-12-15)13-7-5-4-6-8-13;1-10(2,3)15-9-6-4-8(5-7-9)11(12,13)14;1-9(2,3)10-7-5-4-6-8-10;1-8(2,3)9-7-5-4-6-7;1-7(2,3)9-8(4,5)6;1-5(2)7-6-3-4-6/h4-12,17H,1-3H3;4-7,15H,1-3H3;4-8H2,1-3H3;7,9H,4-6H2,1-3H3;9H,1-6H3;5-7H,3-4H2,1-2H3. The summed E-state index contributed by atoms with van der Waals surface area (Å²) in [5.41, 5.74) is 4.89. The lowest BCUT2D eigenvalue weighted by Gasteiger charge is -2.38. The van der Waals surface area contributed by atoms with E-state index in [2.05, 4.69) is 198 Å². The van der Waals surface area contributed by atoms with Crippen molar-refractivity contribution in [1.29, 1.82) is 0 Å². The zero-order valence-corrected chi connectivity index (χ0v) is 46.4. The van der Waals surface area contributed by atoms with Crippen molar-refractivity contribution in [2.24, 2.45) is 0 Å². The summed E-state index contributed by atoms with van der Waals surface area (Å²) >= 11 is 0. The van der Waals surface area contributed by atoms with Gasteiger partial charge in [0.15, 0.2) is 0 Å².